The second-order valence-electron chi connectivity index (χ2n) is 10.9. The Morgan fingerprint density at radius 2 is 1.67 bits per heavy atom. The summed E-state index contributed by atoms with van der Waals surface area (Å²) in [6.45, 7) is 7.49. The number of urea groups is 1. The molecule has 0 bridgehead atoms. The number of carbonyl (C=O) groups excluding carboxylic acids is 5. The van der Waals surface area contributed by atoms with Gasteiger partial charge in [0.2, 0.25) is 18.6 Å². The fraction of sp³-hybridized carbons (Fsp3) is 0.542. The number of hydrogen-bond donors (Lipinski definition) is 3. The molecule has 3 N–H and O–H groups in total. The summed E-state index contributed by atoms with van der Waals surface area (Å²) in [5, 5.41) is 3.54. The van der Waals surface area contributed by atoms with Gasteiger partial charge in [-0.25, -0.2) is 14.3 Å². The van der Waals surface area contributed by atoms with Crippen molar-refractivity contribution in [1.29, 1.82) is 0 Å². The molecule has 0 radical (unpaired) electrons. The van der Waals surface area contributed by atoms with E-state index in [1.165, 1.54) is 29.2 Å². The number of alkyl halides is 3. The summed E-state index contributed by atoms with van der Waals surface area (Å²) < 4.78 is 70.7. The van der Waals surface area contributed by atoms with Crippen molar-refractivity contribution in [1.82, 2.24) is 20.3 Å². The molecule has 1 aromatic rings. The van der Waals surface area contributed by atoms with Gasteiger partial charge in [-0.2, -0.15) is 21.6 Å². The quantitative estimate of drug-likeness (QED) is 0.215. The zero-order valence-electron chi connectivity index (χ0n) is 23.0. The van der Waals surface area contributed by atoms with Gasteiger partial charge in [0, 0.05) is 4.75 Å². The number of hydrogen-bond acceptors (Lipinski definition) is 10. The molecule has 0 aromatic heterocycles. The Morgan fingerprint density at radius 1 is 1.07 bits per heavy atom. The number of esters is 2. The molecule has 1 aromatic carbocycles. The first-order chi connectivity index (χ1) is 19.2. The second kappa shape index (κ2) is 11.6. The van der Waals surface area contributed by atoms with E-state index in [9.17, 15) is 45.6 Å². The molecule has 2 aliphatic heterocycles. The lowest BCUT2D eigenvalue weighted by molar-refractivity contribution is -0.180. The fourth-order valence-electron chi connectivity index (χ4n) is 4.09. The molecule has 4 amide bonds. The number of benzene rings is 1. The van der Waals surface area contributed by atoms with Crippen molar-refractivity contribution in [2.75, 3.05) is 6.79 Å². The maximum absolute atomic E-state index is 13.2. The Bertz CT molecular complexity index is 1370. The van der Waals surface area contributed by atoms with Gasteiger partial charge in [0.25, 0.3) is 0 Å². The maximum atomic E-state index is 13.2. The monoisotopic (exact) mass is 638 g/mol. The van der Waals surface area contributed by atoms with Crippen LogP contribution >= 0.6 is 11.8 Å². The van der Waals surface area contributed by atoms with Crippen molar-refractivity contribution in [3.63, 3.8) is 0 Å². The number of halogens is 3. The number of β-lactam (4-membered cyclic amide) rings is 1. The van der Waals surface area contributed by atoms with Crippen molar-refractivity contribution < 1.29 is 55.0 Å². The molecule has 0 saturated carbocycles. The molecule has 232 valence electrons. The minimum atomic E-state index is -6.06. The highest BCUT2D eigenvalue weighted by molar-refractivity contribution is 8.01. The van der Waals surface area contributed by atoms with E-state index in [2.05, 4.69) is 5.32 Å². The number of carbonyl (C=O) groups is 5. The molecule has 0 spiro atoms. The highest BCUT2D eigenvalue weighted by atomic mass is 32.2. The third-order valence-corrected chi connectivity index (χ3v) is 8.80. The number of ether oxygens (including phenoxy) is 2. The lowest BCUT2D eigenvalue weighted by atomic mass is 9.95. The number of rotatable bonds is 8. The molecule has 0 aliphatic carbocycles. The average molecular weight is 639 g/mol. The summed E-state index contributed by atoms with van der Waals surface area (Å²) in [7, 11) is -6.06. The fourth-order valence-corrected chi connectivity index (χ4v) is 6.13. The van der Waals surface area contributed by atoms with Crippen LogP contribution in [-0.4, -0.2) is 77.6 Å². The Morgan fingerprint density at radius 3 is 2.21 bits per heavy atom. The molecule has 3 rings (SSSR count). The first-order valence-electron chi connectivity index (χ1n) is 12.3. The zero-order valence-corrected chi connectivity index (χ0v) is 24.6. The van der Waals surface area contributed by atoms with Gasteiger partial charge >= 0.3 is 33.5 Å². The van der Waals surface area contributed by atoms with Crippen LogP contribution in [-0.2, 0) is 38.7 Å². The lowest BCUT2D eigenvalue weighted by Gasteiger charge is -2.44. The molecular formula is C24H29F3N4O9S2. The third-order valence-electron chi connectivity index (χ3n) is 6.17. The summed E-state index contributed by atoms with van der Waals surface area (Å²) >= 11 is 1.16. The van der Waals surface area contributed by atoms with Crippen molar-refractivity contribution in [3.8, 4) is 0 Å². The Balaban J connectivity index is 1.71. The van der Waals surface area contributed by atoms with E-state index in [0.717, 1.165) is 16.5 Å². The lowest BCUT2D eigenvalue weighted by Crippen LogP contribution is -2.71. The van der Waals surface area contributed by atoms with E-state index in [1.807, 2.05) is 5.32 Å². The smallest absolute Gasteiger partial charge is 0.427 e. The van der Waals surface area contributed by atoms with Crippen LogP contribution in [0.25, 0.3) is 0 Å². The van der Waals surface area contributed by atoms with Gasteiger partial charge in [0.15, 0.2) is 0 Å². The summed E-state index contributed by atoms with van der Waals surface area (Å²) in [5.41, 5.74) is -6.54. The van der Waals surface area contributed by atoms with E-state index in [0.29, 0.717) is 0 Å². The van der Waals surface area contributed by atoms with Gasteiger partial charge in [0.05, 0.1) is 5.41 Å². The molecule has 13 nitrogen and oxygen atoms in total. The first-order valence-corrected chi connectivity index (χ1v) is 14.6. The molecule has 42 heavy (non-hydrogen) atoms. The minimum Gasteiger partial charge on any atom is -0.427 e. The van der Waals surface area contributed by atoms with Crippen molar-refractivity contribution in [2.24, 2.45) is 5.41 Å². The molecule has 2 fully saturated rings. The summed E-state index contributed by atoms with van der Waals surface area (Å²) in [6.07, 6.45) is 0. The number of sulfonamides is 1. The van der Waals surface area contributed by atoms with Crippen LogP contribution in [0.3, 0.4) is 0 Å². The van der Waals surface area contributed by atoms with Crippen LogP contribution < -0.4 is 15.4 Å². The topological polar surface area (TPSA) is 177 Å². The Hall–Kier alpha value is -3.54. The number of fused-ring (bicyclic) bond motifs is 1. The Labute approximate surface area is 243 Å². The second-order valence-corrected chi connectivity index (χ2v) is 14.3. The number of thioether (sulfide) groups is 1. The van der Waals surface area contributed by atoms with Crippen molar-refractivity contribution in [3.05, 3.63) is 35.9 Å². The average Bonchev–Trinajstić information content (AvgIpc) is 3.12. The van der Waals surface area contributed by atoms with Gasteiger partial charge in [-0.05, 0) is 40.2 Å². The standard InChI is InChI=1S/C24H29F3N4O9S2/c1-22(2,3)20(35)40-11-39-19(34)15-23(4,5)41-18-14(17(33)31(15)18)28-16(32)13(12-9-7-6-8-10-12)29-21(36)30-42(37,38)24(25,26)27/h6-10,13-15,18H,11H2,1-5H3,(H,28,32)(H2,29,30,36). The van der Waals surface area contributed by atoms with E-state index < -0.39 is 85.8 Å². The maximum Gasteiger partial charge on any atom is 0.516 e. The van der Waals surface area contributed by atoms with Crippen molar-refractivity contribution in [2.45, 2.75) is 68.4 Å². The summed E-state index contributed by atoms with van der Waals surface area (Å²) in [4.78, 5) is 64.4. The largest absolute Gasteiger partial charge is 0.516 e. The molecule has 18 heteroatoms. The van der Waals surface area contributed by atoms with Crippen molar-refractivity contribution >= 4 is 51.6 Å². The SMILES string of the molecule is CC(C)(C)C(=O)OCOC(=O)C1N2C(=O)C(NC(=O)C(NC(=O)NS(=O)(=O)C(F)(F)F)c3ccccc3)C2SC1(C)C. The van der Waals surface area contributed by atoms with Crippen LogP contribution in [0.2, 0.25) is 0 Å². The summed E-state index contributed by atoms with van der Waals surface area (Å²) in [6, 6.07) is 1.34. The van der Waals surface area contributed by atoms with E-state index >= 15 is 0 Å². The molecule has 2 heterocycles. The van der Waals surface area contributed by atoms with E-state index in [1.54, 1.807) is 40.7 Å². The predicted molar refractivity (Wildman–Crippen MR) is 140 cm³/mol. The predicted octanol–water partition coefficient (Wildman–Crippen LogP) is 1.51. The van der Waals surface area contributed by atoms with E-state index in [4.69, 9.17) is 9.47 Å². The van der Waals surface area contributed by atoms with Crippen LogP contribution in [0.15, 0.2) is 30.3 Å². The number of nitrogens with one attached hydrogen (secondary N) is 3. The van der Waals surface area contributed by atoms with Crippen LogP contribution in [0, 0.1) is 5.41 Å². The van der Waals surface area contributed by atoms with Crippen LogP contribution in [0.1, 0.15) is 46.2 Å². The van der Waals surface area contributed by atoms with Gasteiger partial charge in [0.1, 0.15) is 23.5 Å². The number of amides is 4. The molecule has 2 saturated heterocycles. The van der Waals surface area contributed by atoms with Gasteiger partial charge in [-0.15, -0.1) is 11.8 Å². The van der Waals surface area contributed by atoms with E-state index in [-0.39, 0.29) is 5.56 Å². The highest BCUT2D eigenvalue weighted by Crippen LogP contribution is 2.51. The van der Waals surface area contributed by atoms with Crippen LogP contribution in [0.4, 0.5) is 18.0 Å². The van der Waals surface area contributed by atoms with Crippen LogP contribution in [0.5, 0.6) is 0 Å². The summed E-state index contributed by atoms with van der Waals surface area (Å²) in [5.74, 6) is -3.17. The molecular weight excluding hydrogens is 609 g/mol. The number of nitrogens with zero attached hydrogens (tertiary/aromatic N) is 1. The Kier molecular flexibility index (Phi) is 9.12. The van der Waals surface area contributed by atoms with Gasteiger partial charge in [-0.1, -0.05) is 30.3 Å². The molecule has 2 aliphatic rings. The highest BCUT2D eigenvalue weighted by Gasteiger charge is 2.64. The zero-order chi connectivity index (χ0) is 31.8. The molecule has 4 unspecified atom stereocenters. The third kappa shape index (κ3) is 6.91. The van der Waals surface area contributed by atoms with Gasteiger partial charge in [-0.3, -0.25) is 14.4 Å². The minimum absolute atomic E-state index is 0.0730. The molecule has 4 atom stereocenters. The normalized spacial score (nSPS) is 22.2. The first kappa shape index (κ1) is 33.0. The van der Waals surface area contributed by atoms with Gasteiger partial charge < -0.3 is 25.0 Å².